The molecular formula is C7H16N3O3P. The molecule has 2 N–H and O–H groups in total. The number of hydrogen-bond donors (Lipinski definition) is 2. The van der Waals surface area contributed by atoms with Gasteiger partial charge in [-0.1, -0.05) is 0 Å². The first-order valence-corrected chi connectivity index (χ1v) is 6.20. The molecule has 0 aromatic carbocycles. The molecule has 0 spiro atoms. The van der Waals surface area contributed by atoms with Crippen molar-refractivity contribution in [2.75, 3.05) is 26.3 Å². The van der Waals surface area contributed by atoms with Gasteiger partial charge in [0.05, 0.1) is 19.8 Å². The fraction of sp³-hybridized carbons (Fsp3) is 0.857. The summed E-state index contributed by atoms with van der Waals surface area (Å²) in [7, 11) is -3.21. The first-order chi connectivity index (χ1) is 6.70. The molecule has 0 aromatic rings. The predicted molar refractivity (Wildman–Crippen MR) is 54.3 cm³/mol. The van der Waals surface area contributed by atoms with E-state index in [0.29, 0.717) is 25.7 Å². The molecule has 14 heavy (non-hydrogen) atoms. The van der Waals surface area contributed by atoms with E-state index in [4.69, 9.17) is 9.05 Å². The molecule has 0 saturated carbocycles. The lowest BCUT2D eigenvalue weighted by atomic mass is 10.7. The second-order valence-corrected chi connectivity index (χ2v) is 4.34. The highest BCUT2D eigenvalue weighted by Crippen LogP contribution is 2.43. The van der Waals surface area contributed by atoms with Crippen LogP contribution in [0, 0.1) is 0 Å². The Morgan fingerprint density at radius 2 is 2.14 bits per heavy atom. The van der Waals surface area contributed by atoms with Crippen LogP contribution in [0.3, 0.4) is 0 Å². The van der Waals surface area contributed by atoms with Crippen LogP contribution < -0.4 is 10.4 Å². The zero-order valence-electron chi connectivity index (χ0n) is 8.45. The highest BCUT2D eigenvalue weighted by atomic mass is 31.2. The van der Waals surface area contributed by atoms with E-state index in [2.05, 4.69) is 15.4 Å². The second-order valence-electron chi connectivity index (χ2n) is 2.60. The molecule has 0 fully saturated rings. The van der Waals surface area contributed by atoms with Crippen molar-refractivity contribution in [3.63, 3.8) is 0 Å². The normalized spacial score (nSPS) is 16.3. The summed E-state index contributed by atoms with van der Waals surface area (Å²) in [5.74, 6) is 0.482. The second kappa shape index (κ2) is 5.34. The molecule has 0 radical (unpaired) electrons. The van der Waals surface area contributed by atoms with E-state index in [9.17, 15) is 4.57 Å². The molecule has 1 rings (SSSR count). The number of nitrogens with one attached hydrogen (secondary N) is 2. The van der Waals surface area contributed by atoms with Gasteiger partial charge < -0.3 is 5.32 Å². The van der Waals surface area contributed by atoms with Gasteiger partial charge in [0, 0.05) is 6.54 Å². The topological polar surface area (TPSA) is 72.0 Å². The molecule has 1 aliphatic heterocycles. The van der Waals surface area contributed by atoms with Crippen molar-refractivity contribution in [1.82, 2.24) is 10.4 Å². The van der Waals surface area contributed by atoms with Gasteiger partial charge in [0.2, 0.25) is 0 Å². The maximum Gasteiger partial charge on any atom is 0.434 e. The van der Waals surface area contributed by atoms with Gasteiger partial charge in [0.1, 0.15) is 0 Å². The van der Waals surface area contributed by atoms with E-state index in [1.807, 2.05) is 0 Å². The van der Waals surface area contributed by atoms with E-state index in [-0.39, 0.29) is 0 Å². The van der Waals surface area contributed by atoms with Gasteiger partial charge in [0.25, 0.3) is 0 Å². The van der Waals surface area contributed by atoms with Gasteiger partial charge >= 0.3 is 7.75 Å². The van der Waals surface area contributed by atoms with Crippen LogP contribution in [0.1, 0.15) is 13.8 Å². The highest BCUT2D eigenvalue weighted by Gasteiger charge is 2.26. The summed E-state index contributed by atoms with van der Waals surface area (Å²) in [5, 5.41) is 5.58. The summed E-state index contributed by atoms with van der Waals surface area (Å²) >= 11 is 0. The summed E-state index contributed by atoms with van der Waals surface area (Å²) in [5.41, 5.74) is 0. The van der Waals surface area contributed by atoms with Crippen molar-refractivity contribution in [2.45, 2.75) is 13.8 Å². The van der Waals surface area contributed by atoms with Crippen LogP contribution in [0.25, 0.3) is 0 Å². The molecule has 0 saturated heterocycles. The van der Waals surface area contributed by atoms with Crippen LogP contribution in [-0.4, -0.2) is 32.3 Å². The largest absolute Gasteiger partial charge is 0.434 e. The summed E-state index contributed by atoms with van der Waals surface area (Å²) in [6.45, 7) is 5.62. The molecule has 0 atom stereocenters. The number of hydrogen-bond acceptors (Lipinski definition) is 5. The lowest BCUT2D eigenvalue weighted by molar-refractivity contribution is 0.216. The SMILES string of the molecule is CCOP(=O)(NC1=NCCN1)OCC. The Kier molecular flexibility index (Phi) is 4.38. The third-order valence-electron chi connectivity index (χ3n) is 1.52. The first-order valence-electron chi connectivity index (χ1n) is 4.66. The number of rotatable bonds is 5. The Morgan fingerprint density at radius 1 is 1.50 bits per heavy atom. The van der Waals surface area contributed by atoms with Gasteiger partial charge in [0.15, 0.2) is 5.96 Å². The molecule has 1 aliphatic rings. The minimum atomic E-state index is -3.21. The Hall–Kier alpha value is -0.580. The molecule has 0 aliphatic carbocycles. The van der Waals surface area contributed by atoms with Crippen LogP contribution in [-0.2, 0) is 13.6 Å². The predicted octanol–water partition coefficient (Wildman–Crippen LogP) is 0.716. The summed E-state index contributed by atoms with van der Waals surface area (Å²) in [4.78, 5) is 4.05. The van der Waals surface area contributed by atoms with Gasteiger partial charge in [-0.25, -0.2) is 4.57 Å². The zero-order valence-corrected chi connectivity index (χ0v) is 9.34. The lowest BCUT2D eigenvalue weighted by Crippen LogP contribution is -2.32. The van der Waals surface area contributed by atoms with E-state index in [0.717, 1.165) is 6.54 Å². The lowest BCUT2D eigenvalue weighted by Gasteiger charge is -2.18. The molecule has 0 unspecified atom stereocenters. The molecule has 6 nitrogen and oxygen atoms in total. The Morgan fingerprint density at radius 3 is 2.57 bits per heavy atom. The van der Waals surface area contributed by atoms with Crippen molar-refractivity contribution in [2.24, 2.45) is 4.99 Å². The first kappa shape index (κ1) is 11.5. The summed E-state index contributed by atoms with van der Waals surface area (Å²) in [6.07, 6.45) is 0. The van der Waals surface area contributed by atoms with Crippen molar-refractivity contribution >= 4 is 13.7 Å². The third-order valence-corrected chi connectivity index (χ3v) is 3.20. The maximum atomic E-state index is 11.9. The molecule has 1 heterocycles. The van der Waals surface area contributed by atoms with Gasteiger partial charge in [-0.2, -0.15) is 0 Å². The van der Waals surface area contributed by atoms with E-state index in [1.54, 1.807) is 13.8 Å². The fourth-order valence-corrected chi connectivity index (χ4v) is 2.34. The molecular weight excluding hydrogens is 205 g/mol. The van der Waals surface area contributed by atoms with Gasteiger partial charge in [-0.15, -0.1) is 0 Å². The van der Waals surface area contributed by atoms with Gasteiger partial charge in [-0.05, 0) is 13.8 Å². The molecule has 0 aromatic heterocycles. The van der Waals surface area contributed by atoms with Crippen molar-refractivity contribution in [1.29, 1.82) is 0 Å². The van der Waals surface area contributed by atoms with Crippen molar-refractivity contribution < 1.29 is 13.6 Å². The smallest absolute Gasteiger partial charge is 0.354 e. The minimum absolute atomic E-state index is 0.331. The van der Waals surface area contributed by atoms with Crippen LogP contribution >= 0.6 is 7.75 Å². The van der Waals surface area contributed by atoms with E-state index in [1.165, 1.54) is 0 Å². The van der Waals surface area contributed by atoms with Crippen molar-refractivity contribution in [3.8, 4) is 0 Å². The monoisotopic (exact) mass is 221 g/mol. The average Bonchev–Trinajstić information content (AvgIpc) is 2.57. The van der Waals surface area contributed by atoms with Crippen LogP contribution in [0.15, 0.2) is 4.99 Å². The van der Waals surface area contributed by atoms with Crippen molar-refractivity contribution in [3.05, 3.63) is 0 Å². The van der Waals surface area contributed by atoms with Crippen LogP contribution in [0.5, 0.6) is 0 Å². The minimum Gasteiger partial charge on any atom is -0.354 e. The highest BCUT2D eigenvalue weighted by molar-refractivity contribution is 7.52. The van der Waals surface area contributed by atoms with E-state index < -0.39 is 7.75 Å². The summed E-state index contributed by atoms with van der Waals surface area (Å²) < 4.78 is 22.0. The quantitative estimate of drug-likeness (QED) is 0.669. The maximum absolute atomic E-state index is 11.9. The zero-order chi connectivity index (χ0) is 10.4. The third kappa shape index (κ3) is 3.29. The standard InChI is InChI=1S/C7H16N3O3P/c1-3-12-14(11,13-4-2)10-7-8-5-6-9-7/h3-6H2,1-2H3,(H2,8,9,10,11). The molecule has 0 bridgehead atoms. The van der Waals surface area contributed by atoms with Crippen LogP contribution in [0.2, 0.25) is 0 Å². The number of aliphatic imine (C=N–C) groups is 1. The number of nitrogens with zero attached hydrogens (tertiary/aromatic N) is 1. The summed E-state index contributed by atoms with van der Waals surface area (Å²) in [6, 6.07) is 0. The van der Waals surface area contributed by atoms with Gasteiger partial charge in [-0.3, -0.25) is 19.1 Å². The number of guanidine groups is 1. The van der Waals surface area contributed by atoms with E-state index >= 15 is 0 Å². The fourth-order valence-electron chi connectivity index (χ4n) is 1.04. The molecule has 0 amide bonds. The Balaban J connectivity index is 2.53. The average molecular weight is 221 g/mol. The van der Waals surface area contributed by atoms with Crippen LogP contribution in [0.4, 0.5) is 0 Å². The molecule has 7 heteroatoms. The Bertz CT molecular complexity index is 247. The Labute approximate surface area is 83.7 Å². The molecule has 82 valence electrons.